The number of anilines is 1. The van der Waals surface area contributed by atoms with Crippen LogP contribution in [0.15, 0.2) is 48.0 Å². The molecular weight excluding hydrogens is 292 g/mol. The number of benzene rings is 1. The summed E-state index contributed by atoms with van der Waals surface area (Å²) in [5.41, 5.74) is 2.22. The van der Waals surface area contributed by atoms with Crippen LogP contribution in [0.25, 0.3) is 0 Å². The highest BCUT2D eigenvalue weighted by molar-refractivity contribution is 7.09. The Morgan fingerprint density at radius 1 is 1.18 bits per heavy atom. The van der Waals surface area contributed by atoms with Crippen LogP contribution in [0.2, 0.25) is 0 Å². The summed E-state index contributed by atoms with van der Waals surface area (Å²) >= 11 is 1.64. The second kappa shape index (κ2) is 6.66. The van der Waals surface area contributed by atoms with Crippen LogP contribution in [-0.2, 0) is 6.42 Å². The molecule has 5 heteroatoms. The van der Waals surface area contributed by atoms with Crippen molar-refractivity contribution in [1.82, 2.24) is 15.0 Å². The van der Waals surface area contributed by atoms with Crippen LogP contribution in [-0.4, -0.2) is 15.0 Å². The summed E-state index contributed by atoms with van der Waals surface area (Å²) in [5, 5.41) is 6.53. The molecule has 1 unspecified atom stereocenters. The summed E-state index contributed by atoms with van der Waals surface area (Å²) in [4.78, 5) is 13.4. The molecular formula is C17H18N4S. The molecule has 0 aliphatic carbocycles. The van der Waals surface area contributed by atoms with Gasteiger partial charge in [-0.3, -0.25) is 0 Å². The lowest BCUT2D eigenvalue weighted by Gasteiger charge is -2.18. The van der Waals surface area contributed by atoms with Gasteiger partial charge in [-0.05, 0) is 18.9 Å². The standard InChI is InChI=1S/C17H18N4S/c1-3-14-11-15(20-12(2)19-14)21-16(17-18-9-10-22-17)13-7-5-4-6-8-13/h4-11,16H,3H2,1-2H3,(H,19,20,21). The highest BCUT2D eigenvalue weighted by atomic mass is 32.1. The zero-order valence-corrected chi connectivity index (χ0v) is 13.5. The number of nitrogens with one attached hydrogen (secondary N) is 1. The van der Waals surface area contributed by atoms with Gasteiger partial charge in [0.1, 0.15) is 22.7 Å². The smallest absolute Gasteiger partial charge is 0.130 e. The summed E-state index contributed by atoms with van der Waals surface area (Å²) in [5.74, 6) is 1.63. The molecule has 0 bridgehead atoms. The molecule has 2 aromatic heterocycles. The van der Waals surface area contributed by atoms with Crippen LogP contribution < -0.4 is 5.32 Å². The van der Waals surface area contributed by atoms with Crippen LogP contribution >= 0.6 is 11.3 Å². The van der Waals surface area contributed by atoms with Crippen LogP contribution in [0.3, 0.4) is 0 Å². The third-order valence-corrected chi connectivity index (χ3v) is 4.22. The molecule has 0 radical (unpaired) electrons. The van der Waals surface area contributed by atoms with Gasteiger partial charge in [0, 0.05) is 23.3 Å². The minimum atomic E-state index is 0.000191. The second-order valence-electron chi connectivity index (χ2n) is 5.00. The first-order valence-corrected chi connectivity index (χ1v) is 8.19. The number of nitrogens with zero attached hydrogens (tertiary/aromatic N) is 3. The van der Waals surface area contributed by atoms with Crippen molar-refractivity contribution in [3.05, 3.63) is 70.1 Å². The van der Waals surface area contributed by atoms with E-state index in [9.17, 15) is 0 Å². The minimum Gasteiger partial charge on any atom is -0.357 e. The maximum absolute atomic E-state index is 4.51. The molecule has 0 spiro atoms. The molecule has 0 aliphatic rings. The zero-order chi connectivity index (χ0) is 15.4. The van der Waals surface area contributed by atoms with Crippen molar-refractivity contribution in [3.8, 4) is 0 Å². The van der Waals surface area contributed by atoms with Crippen LogP contribution in [0.5, 0.6) is 0 Å². The SMILES string of the molecule is CCc1cc(NC(c2ccccc2)c2nccs2)nc(C)n1. The Hall–Kier alpha value is -2.27. The van der Waals surface area contributed by atoms with Gasteiger partial charge < -0.3 is 5.32 Å². The van der Waals surface area contributed by atoms with Crippen molar-refractivity contribution in [1.29, 1.82) is 0 Å². The molecule has 1 N–H and O–H groups in total. The maximum Gasteiger partial charge on any atom is 0.130 e. The third kappa shape index (κ3) is 3.31. The first kappa shape index (κ1) is 14.7. The first-order chi connectivity index (χ1) is 10.8. The Bertz CT molecular complexity index is 726. The van der Waals surface area contributed by atoms with E-state index < -0.39 is 0 Å². The number of aryl methyl sites for hydroxylation is 2. The zero-order valence-electron chi connectivity index (χ0n) is 12.7. The summed E-state index contributed by atoms with van der Waals surface area (Å²) in [6.45, 7) is 4.02. The van der Waals surface area contributed by atoms with Gasteiger partial charge in [0.15, 0.2) is 0 Å². The number of rotatable bonds is 5. The topological polar surface area (TPSA) is 50.7 Å². The van der Waals surface area contributed by atoms with E-state index >= 15 is 0 Å². The van der Waals surface area contributed by atoms with Crippen molar-refractivity contribution in [2.24, 2.45) is 0 Å². The van der Waals surface area contributed by atoms with E-state index in [0.717, 1.165) is 28.8 Å². The minimum absolute atomic E-state index is 0.000191. The Morgan fingerprint density at radius 3 is 2.68 bits per heavy atom. The molecule has 2 heterocycles. The monoisotopic (exact) mass is 310 g/mol. The summed E-state index contributed by atoms with van der Waals surface area (Å²) < 4.78 is 0. The molecule has 112 valence electrons. The Labute approximate surface area is 134 Å². The number of hydrogen-bond donors (Lipinski definition) is 1. The number of thiazole rings is 1. The second-order valence-corrected chi connectivity index (χ2v) is 5.93. The van der Waals surface area contributed by atoms with Gasteiger partial charge in [0.25, 0.3) is 0 Å². The highest BCUT2D eigenvalue weighted by Crippen LogP contribution is 2.27. The van der Waals surface area contributed by atoms with Gasteiger partial charge in [-0.1, -0.05) is 37.3 Å². The van der Waals surface area contributed by atoms with Crippen molar-refractivity contribution in [2.75, 3.05) is 5.32 Å². The van der Waals surface area contributed by atoms with E-state index in [-0.39, 0.29) is 6.04 Å². The predicted molar refractivity (Wildman–Crippen MR) is 90.2 cm³/mol. The van der Waals surface area contributed by atoms with E-state index in [0.29, 0.717) is 0 Å². The fraction of sp³-hybridized carbons (Fsp3) is 0.235. The number of hydrogen-bond acceptors (Lipinski definition) is 5. The Morgan fingerprint density at radius 2 is 2.00 bits per heavy atom. The first-order valence-electron chi connectivity index (χ1n) is 7.31. The highest BCUT2D eigenvalue weighted by Gasteiger charge is 2.17. The Balaban J connectivity index is 1.96. The van der Waals surface area contributed by atoms with Crippen LogP contribution in [0, 0.1) is 6.92 Å². The lowest BCUT2D eigenvalue weighted by atomic mass is 10.1. The van der Waals surface area contributed by atoms with Crippen molar-refractivity contribution >= 4 is 17.2 Å². The average Bonchev–Trinajstić information content (AvgIpc) is 3.07. The molecule has 1 atom stereocenters. The van der Waals surface area contributed by atoms with E-state index in [1.807, 2.05) is 42.8 Å². The summed E-state index contributed by atoms with van der Waals surface area (Å²) in [7, 11) is 0. The van der Waals surface area contributed by atoms with Gasteiger partial charge in [-0.25, -0.2) is 15.0 Å². The molecule has 0 saturated carbocycles. The van der Waals surface area contributed by atoms with Gasteiger partial charge in [0.2, 0.25) is 0 Å². The molecule has 4 nitrogen and oxygen atoms in total. The third-order valence-electron chi connectivity index (χ3n) is 3.38. The molecule has 0 fully saturated rings. The average molecular weight is 310 g/mol. The van der Waals surface area contributed by atoms with Crippen molar-refractivity contribution in [3.63, 3.8) is 0 Å². The lowest BCUT2D eigenvalue weighted by molar-refractivity contribution is 0.885. The molecule has 0 saturated heterocycles. The van der Waals surface area contributed by atoms with Gasteiger partial charge in [-0.2, -0.15) is 0 Å². The van der Waals surface area contributed by atoms with Crippen LogP contribution in [0.4, 0.5) is 5.82 Å². The normalized spacial score (nSPS) is 12.1. The van der Waals surface area contributed by atoms with E-state index in [4.69, 9.17) is 0 Å². The van der Waals surface area contributed by atoms with Crippen molar-refractivity contribution in [2.45, 2.75) is 26.3 Å². The van der Waals surface area contributed by atoms with Crippen molar-refractivity contribution < 1.29 is 0 Å². The fourth-order valence-corrected chi connectivity index (χ4v) is 3.06. The largest absolute Gasteiger partial charge is 0.357 e. The molecule has 1 aromatic carbocycles. The predicted octanol–water partition coefficient (Wildman–Crippen LogP) is 4.01. The van der Waals surface area contributed by atoms with E-state index in [1.54, 1.807) is 11.3 Å². The molecule has 3 rings (SSSR count). The van der Waals surface area contributed by atoms with Gasteiger partial charge in [-0.15, -0.1) is 11.3 Å². The molecule has 3 aromatic rings. The Kier molecular flexibility index (Phi) is 4.44. The summed E-state index contributed by atoms with van der Waals surface area (Å²) in [6, 6.07) is 12.3. The quantitative estimate of drug-likeness (QED) is 0.773. The van der Waals surface area contributed by atoms with Gasteiger partial charge in [0.05, 0.1) is 0 Å². The molecule has 0 amide bonds. The fourth-order valence-electron chi connectivity index (χ4n) is 2.34. The lowest BCUT2D eigenvalue weighted by Crippen LogP contribution is -2.14. The number of aromatic nitrogens is 3. The molecule has 0 aliphatic heterocycles. The van der Waals surface area contributed by atoms with E-state index in [2.05, 4.69) is 39.3 Å². The van der Waals surface area contributed by atoms with E-state index in [1.165, 1.54) is 5.56 Å². The van der Waals surface area contributed by atoms with Crippen LogP contribution in [0.1, 0.15) is 35.1 Å². The summed E-state index contributed by atoms with van der Waals surface area (Å²) in [6.07, 6.45) is 2.73. The van der Waals surface area contributed by atoms with Gasteiger partial charge >= 0.3 is 0 Å². The molecule has 22 heavy (non-hydrogen) atoms. The maximum atomic E-state index is 4.51.